The Balaban J connectivity index is 2.28. The summed E-state index contributed by atoms with van der Waals surface area (Å²) in [5.41, 5.74) is 5.50. The Hall–Kier alpha value is -1.01. The highest BCUT2D eigenvalue weighted by molar-refractivity contribution is 9.10. The van der Waals surface area contributed by atoms with Crippen molar-refractivity contribution in [1.29, 1.82) is 0 Å². The highest BCUT2D eigenvalue weighted by Crippen LogP contribution is 2.26. The molecule has 2 rings (SSSR count). The first kappa shape index (κ1) is 11.5. The van der Waals surface area contributed by atoms with E-state index >= 15 is 0 Å². The molecule has 1 aliphatic rings. The molecule has 16 heavy (non-hydrogen) atoms. The smallest absolute Gasteiger partial charge is 0.228 e. The average molecular weight is 288 g/mol. The van der Waals surface area contributed by atoms with Gasteiger partial charge in [-0.2, -0.15) is 0 Å². The number of amides is 1. The van der Waals surface area contributed by atoms with Crippen LogP contribution >= 0.6 is 15.9 Å². The molecule has 0 aliphatic carbocycles. The minimum absolute atomic E-state index is 0.0872. The van der Waals surface area contributed by atoms with Gasteiger partial charge >= 0.3 is 0 Å². The van der Waals surface area contributed by atoms with Crippen molar-refractivity contribution in [1.82, 2.24) is 4.98 Å². The zero-order valence-corrected chi connectivity index (χ0v) is 10.1. The Morgan fingerprint density at radius 3 is 3.00 bits per heavy atom. The van der Waals surface area contributed by atoms with E-state index in [9.17, 15) is 9.18 Å². The molecule has 0 spiro atoms. The van der Waals surface area contributed by atoms with Crippen molar-refractivity contribution in [2.45, 2.75) is 6.42 Å². The lowest BCUT2D eigenvalue weighted by atomic mass is 10.1. The van der Waals surface area contributed by atoms with E-state index < -0.39 is 5.82 Å². The van der Waals surface area contributed by atoms with Crippen LogP contribution in [-0.2, 0) is 4.79 Å². The van der Waals surface area contributed by atoms with E-state index in [0.29, 0.717) is 24.0 Å². The van der Waals surface area contributed by atoms with Gasteiger partial charge in [-0.15, -0.1) is 0 Å². The fourth-order valence-electron chi connectivity index (χ4n) is 1.75. The van der Waals surface area contributed by atoms with Gasteiger partial charge < -0.3 is 5.73 Å². The number of nitrogens with zero attached hydrogens (tertiary/aromatic N) is 2. The van der Waals surface area contributed by atoms with E-state index in [1.54, 1.807) is 0 Å². The number of rotatable bonds is 2. The number of carbonyl (C=O) groups is 1. The molecule has 0 saturated carbocycles. The molecule has 2 N–H and O–H groups in total. The predicted octanol–water partition coefficient (Wildman–Crippen LogP) is 1.29. The molecule has 0 bridgehead atoms. The minimum atomic E-state index is -0.500. The summed E-state index contributed by atoms with van der Waals surface area (Å²) in [6.07, 6.45) is 1.84. The maximum atomic E-state index is 13.6. The standard InChI is InChI=1S/C10H11BrFN3O/c11-7-2-8(12)10(14-4-7)15-5-6(3-13)1-9(15)16/h2,4,6H,1,3,5,13H2. The number of nitrogens with two attached hydrogens (primary N) is 1. The third-order valence-corrected chi connectivity index (χ3v) is 3.02. The molecule has 4 nitrogen and oxygen atoms in total. The van der Waals surface area contributed by atoms with Crippen LogP contribution in [0.25, 0.3) is 0 Å². The molecule has 1 aromatic heterocycles. The molecule has 1 amide bonds. The van der Waals surface area contributed by atoms with Gasteiger partial charge in [0.25, 0.3) is 0 Å². The second kappa shape index (κ2) is 4.47. The fourth-order valence-corrected chi connectivity index (χ4v) is 2.05. The zero-order chi connectivity index (χ0) is 11.7. The lowest BCUT2D eigenvalue weighted by molar-refractivity contribution is -0.117. The highest BCUT2D eigenvalue weighted by atomic mass is 79.9. The second-order valence-electron chi connectivity index (χ2n) is 3.77. The molecule has 86 valence electrons. The molecular formula is C10H11BrFN3O. The Kier molecular flexibility index (Phi) is 3.20. The number of anilines is 1. The summed E-state index contributed by atoms with van der Waals surface area (Å²) in [6, 6.07) is 1.30. The average Bonchev–Trinajstić information content (AvgIpc) is 2.60. The van der Waals surface area contributed by atoms with Crippen LogP contribution in [0.3, 0.4) is 0 Å². The Morgan fingerprint density at radius 2 is 2.44 bits per heavy atom. The van der Waals surface area contributed by atoms with Gasteiger partial charge in [-0.25, -0.2) is 9.37 Å². The summed E-state index contributed by atoms with van der Waals surface area (Å²) >= 11 is 3.12. The molecule has 0 radical (unpaired) electrons. The molecule has 1 atom stereocenters. The predicted molar refractivity (Wildman–Crippen MR) is 61.4 cm³/mol. The van der Waals surface area contributed by atoms with Crippen molar-refractivity contribution in [2.75, 3.05) is 18.0 Å². The van der Waals surface area contributed by atoms with Crippen molar-refractivity contribution in [3.05, 3.63) is 22.6 Å². The van der Waals surface area contributed by atoms with Crippen LogP contribution < -0.4 is 10.6 Å². The minimum Gasteiger partial charge on any atom is -0.330 e. The van der Waals surface area contributed by atoms with Crippen molar-refractivity contribution < 1.29 is 9.18 Å². The van der Waals surface area contributed by atoms with Crippen LogP contribution in [0.2, 0.25) is 0 Å². The van der Waals surface area contributed by atoms with E-state index in [0.717, 1.165) is 0 Å². The third kappa shape index (κ3) is 2.08. The van der Waals surface area contributed by atoms with Crippen LogP contribution in [0.4, 0.5) is 10.2 Å². The van der Waals surface area contributed by atoms with E-state index in [1.807, 2.05) is 0 Å². The quantitative estimate of drug-likeness (QED) is 0.892. The van der Waals surface area contributed by atoms with Gasteiger partial charge in [-0.3, -0.25) is 9.69 Å². The van der Waals surface area contributed by atoms with Crippen LogP contribution in [0.15, 0.2) is 16.7 Å². The van der Waals surface area contributed by atoms with Gasteiger partial charge in [-0.1, -0.05) is 0 Å². The van der Waals surface area contributed by atoms with E-state index in [-0.39, 0.29) is 17.6 Å². The Morgan fingerprint density at radius 1 is 1.69 bits per heavy atom. The molecule has 1 aromatic rings. The number of carbonyl (C=O) groups excluding carboxylic acids is 1. The Labute approximate surface area is 101 Å². The summed E-state index contributed by atoms with van der Waals surface area (Å²) in [6.45, 7) is 0.876. The van der Waals surface area contributed by atoms with Crippen molar-refractivity contribution in [3.63, 3.8) is 0 Å². The summed E-state index contributed by atoms with van der Waals surface area (Å²) < 4.78 is 14.1. The largest absolute Gasteiger partial charge is 0.330 e. The molecular weight excluding hydrogens is 277 g/mol. The maximum absolute atomic E-state index is 13.6. The number of pyridine rings is 1. The van der Waals surface area contributed by atoms with Gasteiger partial charge in [0.05, 0.1) is 0 Å². The van der Waals surface area contributed by atoms with Gasteiger partial charge in [0.2, 0.25) is 5.91 Å². The van der Waals surface area contributed by atoms with Gasteiger partial charge in [-0.05, 0) is 34.5 Å². The monoisotopic (exact) mass is 287 g/mol. The van der Waals surface area contributed by atoms with Crippen LogP contribution in [0.5, 0.6) is 0 Å². The van der Waals surface area contributed by atoms with Crippen LogP contribution in [-0.4, -0.2) is 24.0 Å². The van der Waals surface area contributed by atoms with Gasteiger partial charge in [0, 0.05) is 23.6 Å². The summed E-state index contributed by atoms with van der Waals surface area (Å²) in [4.78, 5) is 16.9. The molecule has 1 saturated heterocycles. The highest BCUT2D eigenvalue weighted by Gasteiger charge is 2.31. The van der Waals surface area contributed by atoms with E-state index in [1.165, 1.54) is 17.2 Å². The molecule has 2 heterocycles. The second-order valence-corrected chi connectivity index (χ2v) is 4.68. The molecule has 1 unspecified atom stereocenters. The first-order valence-corrected chi connectivity index (χ1v) is 5.72. The first-order valence-electron chi connectivity index (χ1n) is 4.93. The molecule has 0 aromatic carbocycles. The lowest BCUT2D eigenvalue weighted by Gasteiger charge is -2.15. The van der Waals surface area contributed by atoms with Crippen molar-refractivity contribution >= 4 is 27.7 Å². The molecule has 6 heteroatoms. The molecule has 1 aliphatic heterocycles. The van der Waals surface area contributed by atoms with Crippen LogP contribution in [0.1, 0.15) is 6.42 Å². The summed E-state index contributed by atoms with van der Waals surface area (Å²) in [7, 11) is 0. The van der Waals surface area contributed by atoms with Gasteiger partial charge in [0.1, 0.15) is 0 Å². The normalized spacial score (nSPS) is 20.6. The topological polar surface area (TPSA) is 59.2 Å². The summed E-state index contributed by atoms with van der Waals surface area (Å²) in [5, 5.41) is 0. The van der Waals surface area contributed by atoms with Crippen molar-refractivity contribution in [3.8, 4) is 0 Å². The summed E-state index contributed by atoms with van der Waals surface area (Å²) in [5.74, 6) is -0.439. The van der Waals surface area contributed by atoms with Crippen molar-refractivity contribution in [2.24, 2.45) is 11.7 Å². The zero-order valence-electron chi connectivity index (χ0n) is 8.49. The Bertz CT molecular complexity index is 427. The fraction of sp³-hybridized carbons (Fsp3) is 0.400. The maximum Gasteiger partial charge on any atom is 0.228 e. The molecule has 1 fully saturated rings. The number of halogens is 2. The number of aromatic nitrogens is 1. The third-order valence-electron chi connectivity index (χ3n) is 2.58. The number of hydrogen-bond donors (Lipinski definition) is 1. The first-order chi connectivity index (χ1) is 7.61. The lowest BCUT2D eigenvalue weighted by Crippen LogP contribution is -2.27. The van der Waals surface area contributed by atoms with E-state index in [2.05, 4.69) is 20.9 Å². The SMILES string of the molecule is NCC1CC(=O)N(c2ncc(Br)cc2F)C1. The van der Waals surface area contributed by atoms with E-state index in [4.69, 9.17) is 5.73 Å². The number of hydrogen-bond acceptors (Lipinski definition) is 3. The van der Waals surface area contributed by atoms with Gasteiger partial charge in [0.15, 0.2) is 11.6 Å². The van der Waals surface area contributed by atoms with Crippen LogP contribution in [0, 0.1) is 11.7 Å².